The first kappa shape index (κ1) is 20.7. The summed E-state index contributed by atoms with van der Waals surface area (Å²) in [6.45, 7) is 4.13. The van der Waals surface area contributed by atoms with Gasteiger partial charge in [-0.25, -0.2) is 8.42 Å². The Balaban J connectivity index is 2.16. The number of carbonyl (C=O) groups excluding carboxylic acids is 1. The minimum Gasteiger partial charge on any atom is -0.490 e. The SMILES string of the molecule is CCOc1ccc(S(=O)(=O)N(C)CC(=O)Nc2ccccc2)cc1OCC. The molecule has 27 heavy (non-hydrogen) atoms. The Kier molecular flexibility index (Phi) is 7.20. The molecule has 7 nitrogen and oxygen atoms in total. The van der Waals surface area contributed by atoms with Gasteiger partial charge in [0.2, 0.25) is 15.9 Å². The third-order valence-electron chi connectivity index (χ3n) is 3.65. The molecule has 0 aliphatic rings. The molecule has 0 spiro atoms. The molecular formula is C19H24N2O5S. The second kappa shape index (κ2) is 9.38. The average molecular weight is 392 g/mol. The molecular weight excluding hydrogens is 368 g/mol. The number of anilines is 1. The van der Waals surface area contributed by atoms with Crippen molar-refractivity contribution in [3.63, 3.8) is 0 Å². The van der Waals surface area contributed by atoms with Crippen LogP contribution in [0.25, 0.3) is 0 Å². The summed E-state index contributed by atoms with van der Waals surface area (Å²) in [5, 5.41) is 2.66. The number of amides is 1. The highest BCUT2D eigenvalue weighted by molar-refractivity contribution is 7.89. The quantitative estimate of drug-likeness (QED) is 0.709. The van der Waals surface area contributed by atoms with Crippen molar-refractivity contribution in [2.75, 3.05) is 32.1 Å². The van der Waals surface area contributed by atoms with Crippen LogP contribution in [0.2, 0.25) is 0 Å². The third kappa shape index (κ3) is 5.45. The van der Waals surface area contributed by atoms with Gasteiger partial charge in [-0.3, -0.25) is 4.79 Å². The van der Waals surface area contributed by atoms with Crippen LogP contribution in [0.5, 0.6) is 11.5 Å². The lowest BCUT2D eigenvalue weighted by molar-refractivity contribution is -0.116. The molecule has 2 aromatic rings. The van der Waals surface area contributed by atoms with Crippen molar-refractivity contribution < 1.29 is 22.7 Å². The Morgan fingerprint density at radius 1 is 1.00 bits per heavy atom. The van der Waals surface area contributed by atoms with E-state index in [0.717, 1.165) is 4.31 Å². The van der Waals surface area contributed by atoms with E-state index in [2.05, 4.69) is 5.32 Å². The molecule has 146 valence electrons. The largest absolute Gasteiger partial charge is 0.490 e. The van der Waals surface area contributed by atoms with Crippen molar-refractivity contribution in [3.8, 4) is 11.5 Å². The molecule has 0 atom stereocenters. The van der Waals surface area contributed by atoms with Crippen LogP contribution in [0.1, 0.15) is 13.8 Å². The van der Waals surface area contributed by atoms with E-state index >= 15 is 0 Å². The van der Waals surface area contributed by atoms with Gasteiger partial charge in [0.25, 0.3) is 0 Å². The van der Waals surface area contributed by atoms with Gasteiger partial charge in [0, 0.05) is 18.8 Å². The monoisotopic (exact) mass is 392 g/mol. The Labute approximate surface area is 160 Å². The van der Waals surface area contributed by atoms with E-state index in [0.29, 0.717) is 30.4 Å². The number of nitrogens with zero attached hydrogens (tertiary/aromatic N) is 1. The van der Waals surface area contributed by atoms with Crippen molar-refractivity contribution >= 4 is 21.6 Å². The molecule has 0 aromatic heterocycles. The van der Waals surface area contributed by atoms with Gasteiger partial charge in [-0.1, -0.05) is 18.2 Å². The molecule has 2 aromatic carbocycles. The van der Waals surface area contributed by atoms with Crippen molar-refractivity contribution in [2.24, 2.45) is 0 Å². The number of likely N-dealkylation sites (N-methyl/N-ethyl adjacent to an activating group) is 1. The van der Waals surface area contributed by atoms with Crippen LogP contribution >= 0.6 is 0 Å². The van der Waals surface area contributed by atoms with Crippen molar-refractivity contribution in [1.82, 2.24) is 4.31 Å². The maximum Gasteiger partial charge on any atom is 0.243 e. The highest BCUT2D eigenvalue weighted by atomic mass is 32.2. The summed E-state index contributed by atoms with van der Waals surface area (Å²) in [6.07, 6.45) is 0. The Morgan fingerprint density at radius 2 is 1.63 bits per heavy atom. The summed E-state index contributed by atoms with van der Waals surface area (Å²) >= 11 is 0. The maximum atomic E-state index is 12.8. The number of ether oxygens (including phenoxy) is 2. The molecule has 1 amide bonds. The first-order valence-corrected chi connectivity index (χ1v) is 10.0. The fourth-order valence-corrected chi connectivity index (χ4v) is 3.52. The van der Waals surface area contributed by atoms with E-state index in [1.807, 2.05) is 13.0 Å². The summed E-state index contributed by atoms with van der Waals surface area (Å²) < 4.78 is 37.5. The smallest absolute Gasteiger partial charge is 0.243 e. The summed E-state index contributed by atoms with van der Waals surface area (Å²) in [6, 6.07) is 13.3. The summed E-state index contributed by atoms with van der Waals surface area (Å²) in [5.41, 5.74) is 0.605. The molecule has 0 heterocycles. The zero-order valence-electron chi connectivity index (χ0n) is 15.6. The maximum absolute atomic E-state index is 12.8. The van der Waals surface area contributed by atoms with Gasteiger partial charge in [0.15, 0.2) is 11.5 Å². The summed E-state index contributed by atoms with van der Waals surface area (Å²) in [7, 11) is -2.50. The van der Waals surface area contributed by atoms with Gasteiger partial charge in [0.05, 0.1) is 24.7 Å². The van der Waals surface area contributed by atoms with E-state index in [-0.39, 0.29) is 11.4 Å². The lowest BCUT2D eigenvalue weighted by Crippen LogP contribution is -2.35. The van der Waals surface area contributed by atoms with E-state index in [1.165, 1.54) is 19.2 Å². The molecule has 0 saturated heterocycles. The van der Waals surface area contributed by atoms with Crippen LogP contribution < -0.4 is 14.8 Å². The Bertz CT molecular complexity index is 869. The van der Waals surface area contributed by atoms with Gasteiger partial charge in [-0.05, 0) is 38.1 Å². The number of benzene rings is 2. The van der Waals surface area contributed by atoms with Crippen LogP contribution in [-0.2, 0) is 14.8 Å². The number of hydrogen-bond donors (Lipinski definition) is 1. The highest BCUT2D eigenvalue weighted by Gasteiger charge is 2.24. The molecule has 0 saturated carbocycles. The molecule has 8 heteroatoms. The molecule has 0 aliphatic carbocycles. The van der Waals surface area contributed by atoms with Crippen LogP contribution in [0, 0.1) is 0 Å². The predicted octanol–water partition coefficient (Wildman–Crippen LogP) is 2.74. The number of sulfonamides is 1. The van der Waals surface area contributed by atoms with Crippen molar-refractivity contribution in [3.05, 3.63) is 48.5 Å². The normalized spacial score (nSPS) is 11.3. The zero-order chi connectivity index (χ0) is 19.9. The van der Waals surface area contributed by atoms with Gasteiger partial charge in [-0.2, -0.15) is 4.31 Å². The third-order valence-corrected chi connectivity index (χ3v) is 5.45. The summed E-state index contributed by atoms with van der Waals surface area (Å²) in [5.74, 6) is 0.397. The second-order valence-electron chi connectivity index (χ2n) is 5.65. The number of hydrogen-bond acceptors (Lipinski definition) is 5. The van der Waals surface area contributed by atoms with Crippen LogP contribution in [0.3, 0.4) is 0 Å². The molecule has 2 rings (SSSR count). The highest BCUT2D eigenvalue weighted by Crippen LogP contribution is 2.31. The van der Waals surface area contributed by atoms with E-state index in [4.69, 9.17) is 9.47 Å². The number of nitrogens with one attached hydrogen (secondary N) is 1. The van der Waals surface area contributed by atoms with Gasteiger partial charge in [0.1, 0.15) is 0 Å². The minimum atomic E-state index is -3.86. The fraction of sp³-hybridized carbons (Fsp3) is 0.316. The second-order valence-corrected chi connectivity index (χ2v) is 7.69. The standard InChI is InChI=1S/C19H24N2O5S/c1-4-25-17-12-11-16(13-18(17)26-5-2)27(23,24)21(3)14-19(22)20-15-9-7-6-8-10-15/h6-13H,4-5,14H2,1-3H3,(H,20,22). The molecule has 1 N–H and O–H groups in total. The van der Waals surface area contributed by atoms with Gasteiger partial charge in [-0.15, -0.1) is 0 Å². The van der Waals surface area contributed by atoms with Gasteiger partial charge < -0.3 is 14.8 Å². The first-order valence-electron chi connectivity index (χ1n) is 8.59. The lowest BCUT2D eigenvalue weighted by atomic mass is 10.3. The van der Waals surface area contributed by atoms with Crippen molar-refractivity contribution in [2.45, 2.75) is 18.7 Å². The minimum absolute atomic E-state index is 0.0319. The molecule has 0 bridgehead atoms. The predicted molar refractivity (Wildman–Crippen MR) is 104 cm³/mol. The number of rotatable bonds is 9. The van der Waals surface area contributed by atoms with Crippen LogP contribution in [-0.4, -0.2) is 45.4 Å². The Hall–Kier alpha value is -2.58. The van der Waals surface area contributed by atoms with E-state index < -0.39 is 15.9 Å². The molecule has 0 fully saturated rings. The molecule has 0 unspecified atom stereocenters. The van der Waals surface area contributed by atoms with Gasteiger partial charge >= 0.3 is 0 Å². The number of para-hydroxylation sites is 1. The zero-order valence-corrected chi connectivity index (χ0v) is 16.5. The topological polar surface area (TPSA) is 84.9 Å². The lowest BCUT2D eigenvalue weighted by Gasteiger charge is -2.18. The summed E-state index contributed by atoms with van der Waals surface area (Å²) in [4.78, 5) is 12.2. The van der Waals surface area contributed by atoms with Crippen molar-refractivity contribution in [1.29, 1.82) is 0 Å². The molecule has 0 radical (unpaired) electrons. The average Bonchev–Trinajstić information content (AvgIpc) is 2.64. The van der Waals surface area contributed by atoms with Crippen LogP contribution in [0.4, 0.5) is 5.69 Å². The Morgan fingerprint density at radius 3 is 2.26 bits per heavy atom. The fourth-order valence-electron chi connectivity index (χ4n) is 2.38. The first-order chi connectivity index (χ1) is 12.9. The molecule has 0 aliphatic heterocycles. The van der Waals surface area contributed by atoms with Crippen LogP contribution in [0.15, 0.2) is 53.4 Å². The van der Waals surface area contributed by atoms with E-state index in [9.17, 15) is 13.2 Å². The number of carbonyl (C=O) groups is 1. The van der Waals surface area contributed by atoms with E-state index in [1.54, 1.807) is 37.3 Å².